The summed E-state index contributed by atoms with van der Waals surface area (Å²) < 4.78 is 5.46. The third kappa shape index (κ3) is 4.69. The highest BCUT2D eigenvalue weighted by molar-refractivity contribution is 5.91. The molecule has 0 saturated carbocycles. The number of ether oxygens (including phenoxy) is 1. The number of hydrogen-bond acceptors (Lipinski definition) is 4. The molecule has 24 heavy (non-hydrogen) atoms. The number of rotatable bonds is 2. The average molecular weight is 333 g/mol. The molecule has 1 aromatic rings. The Labute approximate surface area is 143 Å². The zero-order chi connectivity index (χ0) is 17.9. The van der Waals surface area contributed by atoms with Crippen molar-refractivity contribution in [2.75, 3.05) is 27.2 Å². The van der Waals surface area contributed by atoms with E-state index in [0.29, 0.717) is 18.8 Å². The molecule has 6 heteroatoms. The van der Waals surface area contributed by atoms with Crippen molar-refractivity contribution in [2.45, 2.75) is 45.1 Å². The SMILES string of the molecule is CN(C)C(=O)c1cccc([C@H]2CCCN(C(=O)OC(C)(C)C)C2)n1. The van der Waals surface area contributed by atoms with Crippen LogP contribution in [0.1, 0.15) is 55.7 Å². The zero-order valence-corrected chi connectivity index (χ0v) is 15.2. The summed E-state index contributed by atoms with van der Waals surface area (Å²) in [6.45, 7) is 6.86. The second kappa shape index (κ2) is 7.20. The largest absolute Gasteiger partial charge is 0.444 e. The monoisotopic (exact) mass is 333 g/mol. The van der Waals surface area contributed by atoms with Gasteiger partial charge in [-0.15, -0.1) is 0 Å². The van der Waals surface area contributed by atoms with Crippen molar-refractivity contribution in [3.63, 3.8) is 0 Å². The summed E-state index contributed by atoms with van der Waals surface area (Å²) in [5.74, 6) is 0.0119. The predicted molar refractivity (Wildman–Crippen MR) is 92.0 cm³/mol. The van der Waals surface area contributed by atoms with E-state index in [1.54, 1.807) is 25.1 Å². The van der Waals surface area contributed by atoms with Gasteiger partial charge in [0.1, 0.15) is 11.3 Å². The first-order valence-corrected chi connectivity index (χ1v) is 8.34. The third-order valence-electron chi connectivity index (χ3n) is 3.89. The normalized spacial score (nSPS) is 18.2. The van der Waals surface area contributed by atoms with Crippen molar-refractivity contribution in [3.05, 3.63) is 29.6 Å². The number of hydrogen-bond donors (Lipinski definition) is 0. The van der Waals surface area contributed by atoms with E-state index in [-0.39, 0.29) is 17.9 Å². The lowest BCUT2D eigenvalue weighted by molar-refractivity contribution is 0.0197. The van der Waals surface area contributed by atoms with Gasteiger partial charge in [-0.25, -0.2) is 9.78 Å². The third-order valence-corrected chi connectivity index (χ3v) is 3.89. The molecule has 0 aromatic carbocycles. The molecule has 0 unspecified atom stereocenters. The molecule has 2 rings (SSSR count). The van der Waals surface area contributed by atoms with Gasteiger partial charge in [0.15, 0.2) is 0 Å². The number of aromatic nitrogens is 1. The zero-order valence-electron chi connectivity index (χ0n) is 15.2. The van der Waals surface area contributed by atoms with E-state index in [9.17, 15) is 9.59 Å². The number of carbonyl (C=O) groups excluding carboxylic acids is 2. The van der Waals surface area contributed by atoms with Gasteiger partial charge >= 0.3 is 6.09 Å². The van der Waals surface area contributed by atoms with E-state index < -0.39 is 5.60 Å². The van der Waals surface area contributed by atoms with E-state index in [4.69, 9.17) is 4.74 Å². The van der Waals surface area contributed by atoms with Gasteiger partial charge in [0.25, 0.3) is 5.91 Å². The minimum Gasteiger partial charge on any atom is -0.444 e. The van der Waals surface area contributed by atoms with E-state index >= 15 is 0 Å². The Hall–Kier alpha value is -2.11. The quantitative estimate of drug-likeness (QED) is 0.835. The standard InChI is InChI=1S/C18H27N3O3/c1-18(2,3)24-17(23)21-11-7-8-13(12-21)14-9-6-10-15(19-14)16(22)20(4)5/h6,9-10,13H,7-8,11-12H2,1-5H3/t13-/m0/s1. The molecule has 0 spiro atoms. The number of piperidine rings is 1. The Kier molecular flexibility index (Phi) is 5.47. The molecule has 2 amide bonds. The highest BCUT2D eigenvalue weighted by Gasteiger charge is 2.29. The maximum absolute atomic E-state index is 12.3. The number of nitrogens with zero attached hydrogens (tertiary/aromatic N) is 3. The second-order valence-corrected chi connectivity index (χ2v) is 7.41. The van der Waals surface area contributed by atoms with Gasteiger partial charge in [0.2, 0.25) is 0 Å². The van der Waals surface area contributed by atoms with Crippen molar-refractivity contribution in [3.8, 4) is 0 Å². The Morgan fingerprint density at radius 3 is 2.62 bits per heavy atom. The molecular formula is C18H27N3O3. The van der Waals surface area contributed by atoms with Gasteiger partial charge in [-0.2, -0.15) is 0 Å². The number of amides is 2. The van der Waals surface area contributed by atoms with E-state index in [0.717, 1.165) is 18.5 Å². The first-order chi connectivity index (χ1) is 11.2. The molecule has 0 aliphatic carbocycles. The molecule has 1 aliphatic rings. The van der Waals surface area contributed by atoms with Crippen LogP contribution in [0.3, 0.4) is 0 Å². The maximum Gasteiger partial charge on any atom is 0.410 e. The van der Waals surface area contributed by atoms with Crippen LogP contribution in [0.4, 0.5) is 4.79 Å². The molecule has 1 aromatic heterocycles. The highest BCUT2D eigenvalue weighted by atomic mass is 16.6. The lowest BCUT2D eigenvalue weighted by Crippen LogP contribution is -2.42. The van der Waals surface area contributed by atoms with Crippen LogP contribution in [-0.4, -0.2) is 59.6 Å². The number of pyridine rings is 1. The minimum atomic E-state index is -0.500. The lowest BCUT2D eigenvalue weighted by atomic mass is 9.94. The summed E-state index contributed by atoms with van der Waals surface area (Å²) in [4.78, 5) is 32.1. The van der Waals surface area contributed by atoms with Crippen LogP contribution in [0.25, 0.3) is 0 Å². The fourth-order valence-electron chi connectivity index (χ4n) is 2.74. The first kappa shape index (κ1) is 18.2. The molecular weight excluding hydrogens is 306 g/mol. The van der Waals surface area contributed by atoms with Crippen molar-refractivity contribution < 1.29 is 14.3 Å². The summed E-state index contributed by atoms with van der Waals surface area (Å²) in [6, 6.07) is 5.50. The molecule has 1 atom stereocenters. The van der Waals surface area contributed by atoms with Crippen LogP contribution in [0, 0.1) is 0 Å². The molecule has 1 saturated heterocycles. The van der Waals surface area contributed by atoms with Gasteiger partial charge in [-0.05, 0) is 45.7 Å². The van der Waals surface area contributed by atoms with Crippen molar-refractivity contribution in [1.82, 2.24) is 14.8 Å². The van der Waals surface area contributed by atoms with E-state index in [1.807, 2.05) is 32.9 Å². The Bertz CT molecular complexity index is 608. The summed E-state index contributed by atoms with van der Waals surface area (Å²) in [5.41, 5.74) is 0.795. The summed E-state index contributed by atoms with van der Waals surface area (Å²) in [6.07, 6.45) is 1.57. The average Bonchev–Trinajstić information content (AvgIpc) is 2.52. The molecule has 0 bridgehead atoms. The number of likely N-dealkylation sites (tertiary alicyclic amines) is 1. The minimum absolute atomic E-state index is 0.114. The van der Waals surface area contributed by atoms with Crippen molar-refractivity contribution in [2.24, 2.45) is 0 Å². The van der Waals surface area contributed by atoms with Gasteiger partial charge in [-0.1, -0.05) is 6.07 Å². The van der Waals surface area contributed by atoms with Crippen molar-refractivity contribution >= 4 is 12.0 Å². The Morgan fingerprint density at radius 2 is 2.00 bits per heavy atom. The maximum atomic E-state index is 12.3. The van der Waals surface area contributed by atoms with Crippen LogP contribution >= 0.6 is 0 Å². The number of carbonyl (C=O) groups is 2. The summed E-state index contributed by atoms with van der Waals surface area (Å²) >= 11 is 0. The molecule has 1 fully saturated rings. The molecule has 1 aliphatic heterocycles. The van der Waals surface area contributed by atoms with E-state index in [1.165, 1.54) is 4.90 Å². The van der Waals surface area contributed by atoms with E-state index in [2.05, 4.69) is 4.98 Å². The van der Waals surface area contributed by atoms with Crippen LogP contribution in [0.5, 0.6) is 0 Å². The lowest BCUT2D eigenvalue weighted by Gasteiger charge is -2.34. The topological polar surface area (TPSA) is 62.7 Å². The van der Waals surface area contributed by atoms with Crippen LogP contribution < -0.4 is 0 Å². The summed E-state index contributed by atoms with van der Waals surface area (Å²) in [5, 5.41) is 0. The molecule has 0 radical (unpaired) electrons. The van der Waals surface area contributed by atoms with Gasteiger partial charge in [0.05, 0.1) is 0 Å². The molecule has 6 nitrogen and oxygen atoms in total. The predicted octanol–water partition coefficient (Wildman–Crippen LogP) is 2.90. The van der Waals surface area contributed by atoms with Gasteiger partial charge in [0, 0.05) is 38.8 Å². The van der Waals surface area contributed by atoms with Crippen LogP contribution in [0.15, 0.2) is 18.2 Å². The van der Waals surface area contributed by atoms with Gasteiger partial charge in [-0.3, -0.25) is 4.79 Å². The molecule has 2 heterocycles. The van der Waals surface area contributed by atoms with Crippen molar-refractivity contribution in [1.29, 1.82) is 0 Å². The highest BCUT2D eigenvalue weighted by Crippen LogP contribution is 2.27. The molecule has 0 N–H and O–H groups in total. The summed E-state index contributed by atoms with van der Waals surface area (Å²) in [7, 11) is 3.42. The fourth-order valence-corrected chi connectivity index (χ4v) is 2.74. The first-order valence-electron chi connectivity index (χ1n) is 8.34. The van der Waals surface area contributed by atoms with Crippen LogP contribution in [-0.2, 0) is 4.74 Å². The van der Waals surface area contributed by atoms with Crippen LogP contribution in [0.2, 0.25) is 0 Å². The smallest absolute Gasteiger partial charge is 0.410 e. The second-order valence-electron chi connectivity index (χ2n) is 7.41. The Balaban J connectivity index is 2.11. The fraction of sp³-hybridized carbons (Fsp3) is 0.611. The Morgan fingerprint density at radius 1 is 1.29 bits per heavy atom. The molecule has 132 valence electrons. The van der Waals surface area contributed by atoms with Gasteiger partial charge < -0.3 is 14.5 Å².